The van der Waals surface area contributed by atoms with Crippen LogP contribution in [0.2, 0.25) is 0 Å². The van der Waals surface area contributed by atoms with Gasteiger partial charge in [-0.15, -0.1) is 0 Å². The number of benzene rings is 1. The largest absolute Gasteiger partial charge is 0.494 e. The molecule has 21 heavy (non-hydrogen) atoms. The minimum Gasteiger partial charge on any atom is -0.494 e. The number of esters is 1. The Balaban J connectivity index is 2.82. The number of rotatable bonds is 8. The molecule has 0 aromatic heterocycles. The predicted octanol–water partition coefficient (Wildman–Crippen LogP) is 3.84. The molecule has 1 atom stereocenters. The lowest BCUT2D eigenvalue weighted by molar-refractivity contribution is -0.142. The number of hydrogen-bond acceptors (Lipinski definition) is 4. The van der Waals surface area contributed by atoms with Crippen LogP contribution < -0.4 is 9.47 Å². The molecular formula is C17H24O4. The predicted molar refractivity (Wildman–Crippen MR) is 83.7 cm³/mol. The third-order valence-corrected chi connectivity index (χ3v) is 2.83. The molecule has 0 saturated heterocycles. The number of carbonyl (C=O) groups is 1. The van der Waals surface area contributed by atoms with Crippen LogP contribution in [-0.2, 0) is 9.53 Å². The van der Waals surface area contributed by atoms with Gasteiger partial charge < -0.3 is 14.2 Å². The van der Waals surface area contributed by atoms with Gasteiger partial charge in [-0.2, -0.15) is 0 Å². The van der Waals surface area contributed by atoms with Crippen LogP contribution in [0.15, 0.2) is 24.3 Å². The Morgan fingerprint density at radius 2 is 1.67 bits per heavy atom. The Kier molecular flexibility index (Phi) is 7.37. The molecule has 0 aliphatic rings. The van der Waals surface area contributed by atoms with Crippen molar-refractivity contribution in [3.63, 3.8) is 0 Å². The first-order valence-corrected chi connectivity index (χ1v) is 7.38. The third kappa shape index (κ3) is 6.34. The summed E-state index contributed by atoms with van der Waals surface area (Å²) in [7, 11) is 0. The molecule has 1 unspecified atom stereocenters. The molecule has 0 amide bonds. The van der Waals surface area contributed by atoms with E-state index in [1.807, 2.05) is 45.9 Å². The lowest BCUT2D eigenvalue weighted by Gasteiger charge is -2.09. The Bertz CT molecular complexity index is 455. The van der Waals surface area contributed by atoms with Gasteiger partial charge in [-0.1, -0.05) is 6.92 Å². The van der Waals surface area contributed by atoms with Crippen molar-refractivity contribution in [1.29, 1.82) is 0 Å². The fourth-order valence-electron chi connectivity index (χ4n) is 1.68. The number of carbonyl (C=O) groups excluding carboxylic acids is 1. The minimum atomic E-state index is -0.343. The smallest absolute Gasteiger partial charge is 0.331 e. The molecule has 116 valence electrons. The standard InChI is InChI=1S/C17H24O4/c1-5-13(4)21-17(18)9-8-14-10-15(19-6-2)12-16(11-14)20-7-3/h8-13H,5-7H2,1-4H3. The van der Waals surface area contributed by atoms with Crippen LogP contribution in [0.3, 0.4) is 0 Å². The minimum absolute atomic E-state index is 0.0732. The molecule has 0 bridgehead atoms. The summed E-state index contributed by atoms with van der Waals surface area (Å²) < 4.78 is 16.2. The van der Waals surface area contributed by atoms with Crippen LogP contribution in [0.1, 0.15) is 39.7 Å². The van der Waals surface area contributed by atoms with Gasteiger partial charge in [-0.3, -0.25) is 0 Å². The van der Waals surface area contributed by atoms with E-state index in [9.17, 15) is 4.79 Å². The highest BCUT2D eigenvalue weighted by Crippen LogP contribution is 2.24. The second-order valence-electron chi connectivity index (χ2n) is 4.59. The molecule has 0 aliphatic carbocycles. The van der Waals surface area contributed by atoms with E-state index in [1.165, 1.54) is 6.08 Å². The molecule has 0 spiro atoms. The van der Waals surface area contributed by atoms with E-state index in [-0.39, 0.29) is 12.1 Å². The van der Waals surface area contributed by atoms with E-state index in [2.05, 4.69) is 0 Å². The average Bonchev–Trinajstić information content (AvgIpc) is 2.45. The van der Waals surface area contributed by atoms with Crippen molar-refractivity contribution in [3.8, 4) is 11.5 Å². The van der Waals surface area contributed by atoms with Gasteiger partial charge in [0.1, 0.15) is 11.5 Å². The maximum absolute atomic E-state index is 11.6. The van der Waals surface area contributed by atoms with Gasteiger partial charge in [-0.05, 0) is 51.0 Å². The summed E-state index contributed by atoms with van der Waals surface area (Å²) in [6.07, 6.45) is 3.85. The maximum atomic E-state index is 11.6. The van der Waals surface area contributed by atoms with Crippen molar-refractivity contribution < 1.29 is 19.0 Å². The van der Waals surface area contributed by atoms with E-state index in [4.69, 9.17) is 14.2 Å². The normalized spacial score (nSPS) is 12.2. The molecule has 1 aromatic rings. The third-order valence-electron chi connectivity index (χ3n) is 2.83. The number of hydrogen-bond donors (Lipinski definition) is 0. The lowest BCUT2D eigenvalue weighted by Crippen LogP contribution is -2.11. The first-order valence-electron chi connectivity index (χ1n) is 7.38. The SMILES string of the molecule is CCOc1cc(C=CC(=O)OC(C)CC)cc(OCC)c1. The van der Waals surface area contributed by atoms with Crippen molar-refractivity contribution in [2.75, 3.05) is 13.2 Å². The summed E-state index contributed by atoms with van der Waals surface area (Å²) in [6.45, 7) is 8.85. The molecule has 0 heterocycles. The summed E-state index contributed by atoms with van der Waals surface area (Å²) in [5, 5.41) is 0. The van der Waals surface area contributed by atoms with Crippen molar-refractivity contribution in [3.05, 3.63) is 29.8 Å². The maximum Gasteiger partial charge on any atom is 0.331 e. The van der Waals surface area contributed by atoms with Crippen LogP contribution in [0, 0.1) is 0 Å². The van der Waals surface area contributed by atoms with Gasteiger partial charge in [0.15, 0.2) is 0 Å². The second-order valence-corrected chi connectivity index (χ2v) is 4.59. The molecule has 0 N–H and O–H groups in total. The Morgan fingerprint density at radius 1 is 1.10 bits per heavy atom. The van der Waals surface area contributed by atoms with Gasteiger partial charge in [0, 0.05) is 12.1 Å². The summed E-state index contributed by atoms with van der Waals surface area (Å²) in [6, 6.07) is 5.56. The number of ether oxygens (including phenoxy) is 3. The molecule has 0 aliphatic heterocycles. The summed E-state index contributed by atoms with van der Waals surface area (Å²) in [5.74, 6) is 1.10. The Hall–Kier alpha value is -1.97. The molecule has 0 saturated carbocycles. The highest BCUT2D eigenvalue weighted by Gasteiger charge is 2.05. The molecule has 0 radical (unpaired) electrons. The van der Waals surface area contributed by atoms with Crippen LogP contribution in [-0.4, -0.2) is 25.3 Å². The molecule has 4 nitrogen and oxygen atoms in total. The fraction of sp³-hybridized carbons (Fsp3) is 0.471. The van der Waals surface area contributed by atoms with Gasteiger partial charge in [-0.25, -0.2) is 4.79 Å². The first kappa shape index (κ1) is 17.1. The van der Waals surface area contributed by atoms with Crippen LogP contribution in [0.25, 0.3) is 6.08 Å². The summed E-state index contributed by atoms with van der Waals surface area (Å²) >= 11 is 0. The van der Waals surface area contributed by atoms with Crippen molar-refractivity contribution >= 4 is 12.0 Å². The van der Waals surface area contributed by atoms with Crippen LogP contribution >= 0.6 is 0 Å². The van der Waals surface area contributed by atoms with E-state index in [0.717, 1.165) is 23.5 Å². The highest BCUT2D eigenvalue weighted by atomic mass is 16.5. The van der Waals surface area contributed by atoms with Crippen molar-refractivity contribution in [2.45, 2.75) is 40.2 Å². The Morgan fingerprint density at radius 3 is 2.14 bits per heavy atom. The molecule has 0 fully saturated rings. The van der Waals surface area contributed by atoms with Gasteiger partial charge in [0.2, 0.25) is 0 Å². The van der Waals surface area contributed by atoms with E-state index in [0.29, 0.717) is 13.2 Å². The quantitative estimate of drug-likeness (QED) is 0.539. The average molecular weight is 292 g/mol. The van der Waals surface area contributed by atoms with Crippen molar-refractivity contribution in [1.82, 2.24) is 0 Å². The fourth-order valence-corrected chi connectivity index (χ4v) is 1.68. The Labute approximate surface area is 126 Å². The van der Waals surface area contributed by atoms with E-state index in [1.54, 1.807) is 6.08 Å². The van der Waals surface area contributed by atoms with E-state index < -0.39 is 0 Å². The monoisotopic (exact) mass is 292 g/mol. The zero-order chi connectivity index (χ0) is 15.7. The molecule has 1 rings (SSSR count). The summed E-state index contributed by atoms with van der Waals surface area (Å²) in [4.78, 5) is 11.6. The van der Waals surface area contributed by atoms with Crippen LogP contribution in [0.5, 0.6) is 11.5 Å². The highest BCUT2D eigenvalue weighted by molar-refractivity contribution is 5.87. The topological polar surface area (TPSA) is 44.8 Å². The zero-order valence-corrected chi connectivity index (χ0v) is 13.2. The lowest BCUT2D eigenvalue weighted by atomic mass is 10.2. The van der Waals surface area contributed by atoms with Gasteiger partial charge in [0.05, 0.1) is 19.3 Å². The van der Waals surface area contributed by atoms with E-state index >= 15 is 0 Å². The van der Waals surface area contributed by atoms with Crippen LogP contribution in [0.4, 0.5) is 0 Å². The second kappa shape index (κ2) is 9.06. The first-order chi connectivity index (χ1) is 10.1. The molecular weight excluding hydrogens is 268 g/mol. The molecule has 1 aromatic carbocycles. The van der Waals surface area contributed by atoms with Gasteiger partial charge in [0.25, 0.3) is 0 Å². The van der Waals surface area contributed by atoms with Crippen molar-refractivity contribution in [2.24, 2.45) is 0 Å². The summed E-state index contributed by atoms with van der Waals surface area (Å²) in [5.41, 5.74) is 0.838. The zero-order valence-electron chi connectivity index (χ0n) is 13.2. The molecule has 4 heteroatoms. The van der Waals surface area contributed by atoms with Gasteiger partial charge >= 0.3 is 5.97 Å².